The fraction of sp³-hybridized carbons (Fsp3) is 0.444. The van der Waals surface area contributed by atoms with Crippen molar-refractivity contribution in [3.8, 4) is 5.75 Å². The van der Waals surface area contributed by atoms with Crippen LogP contribution in [0.1, 0.15) is 11.8 Å². The molecule has 1 aromatic heterocycles. The van der Waals surface area contributed by atoms with Gasteiger partial charge in [0.25, 0.3) is 0 Å². The van der Waals surface area contributed by atoms with Crippen LogP contribution in [-0.4, -0.2) is 40.0 Å². The van der Waals surface area contributed by atoms with E-state index in [-0.39, 0.29) is 23.1 Å². The van der Waals surface area contributed by atoms with Crippen molar-refractivity contribution in [2.24, 2.45) is 0 Å². The highest BCUT2D eigenvalue weighted by Crippen LogP contribution is 2.25. The maximum absolute atomic E-state index is 9.65. The third-order valence-corrected chi connectivity index (χ3v) is 2.14. The molecule has 0 spiro atoms. The molecule has 6 heteroatoms. The summed E-state index contributed by atoms with van der Waals surface area (Å²) in [6.45, 7) is 0.189. The molecule has 0 amide bonds. The molecule has 5 nitrogen and oxygen atoms in total. The Balaban J connectivity index is 2.89. The molecule has 0 aliphatic heterocycles. The molecular formula is C9H13ClN2O3. The van der Waals surface area contributed by atoms with Crippen LogP contribution in [0.2, 0.25) is 5.15 Å². The van der Waals surface area contributed by atoms with Crippen LogP contribution in [0.3, 0.4) is 0 Å². The number of hydrogen-bond acceptors (Lipinski definition) is 5. The Labute approximate surface area is 92.3 Å². The summed E-state index contributed by atoms with van der Waals surface area (Å²) in [4.78, 5) is 3.75. The average Bonchev–Trinajstić information content (AvgIpc) is 2.21. The normalized spacial score (nSPS) is 14.9. The van der Waals surface area contributed by atoms with Crippen molar-refractivity contribution in [1.82, 2.24) is 10.3 Å². The first-order valence-corrected chi connectivity index (χ1v) is 4.80. The second-order valence-electron chi connectivity index (χ2n) is 3.11. The summed E-state index contributed by atoms with van der Waals surface area (Å²) in [6.07, 6.45) is -2.32. The molecule has 84 valence electrons. The van der Waals surface area contributed by atoms with Crippen LogP contribution in [0.4, 0.5) is 0 Å². The van der Waals surface area contributed by atoms with Crippen molar-refractivity contribution in [2.45, 2.75) is 12.2 Å². The highest BCUT2D eigenvalue weighted by molar-refractivity contribution is 6.29. The molecule has 0 fully saturated rings. The fourth-order valence-corrected chi connectivity index (χ4v) is 1.32. The molecule has 15 heavy (non-hydrogen) atoms. The first-order valence-electron chi connectivity index (χ1n) is 4.42. The van der Waals surface area contributed by atoms with E-state index in [1.165, 1.54) is 12.1 Å². The fourth-order valence-electron chi connectivity index (χ4n) is 1.16. The number of rotatable bonds is 4. The van der Waals surface area contributed by atoms with Gasteiger partial charge >= 0.3 is 0 Å². The van der Waals surface area contributed by atoms with E-state index in [0.717, 1.165) is 0 Å². The zero-order valence-electron chi connectivity index (χ0n) is 8.18. The third-order valence-electron chi connectivity index (χ3n) is 1.93. The van der Waals surface area contributed by atoms with Crippen LogP contribution in [0.25, 0.3) is 0 Å². The maximum atomic E-state index is 9.65. The summed E-state index contributed by atoms with van der Waals surface area (Å²) in [7, 11) is 1.64. The number of nitrogens with one attached hydrogen (secondary N) is 1. The van der Waals surface area contributed by atoms with Gasteiger partial charge in [-0.2, -0.15) is 0 Å². The molecule has 0 saturated heterocycles. The SMILES string of the molecule is CNCC(O)C(O)c1nc(Cl)ccc1O. The zero-order valence-corrected chi connectivity index (χ0v) is 8.94. The maximum Gasteiger partial charge on any atom is 0.140 e. The van der Waals surface area contributed by atoms with Crippen molar-refractivity contribution in [2.75, 3.05) is 13.6 Å². The molecule has 0 aliphatic carbocycles. The number of aromatic hydroxyl groups is 1. The van der Waals surface area contributed by atoms with E-state index in [0.29, 0.717) is 0 Å². The van der Waals surface area contributed by atoms with Crippen LogP contribution in [0, 0.1) is 0 Å². The van der Waals surface area contributed by atoms with Crippen molar-refractivity contribution >= 4 is 11.6 Å². The Morgan fingerprint density at radius 2 is 2.13 bits per heavy atom. The van der Waals surface area contributed by atoms with Gasteiger partial charge in [0.1, 0.15) is 22.7 Å². The van der Waals surface area contributed by atoms with Gasteiger partial charge in [-0.15, -0.1) is 0 Å². The number of nitrogens with zero attached hydrogens (tertiary/aromatic N) is 1. The molecular weight excluding hydrogens is 220 g/mol. The molecule has 0 saturated carbocycles. The standard InChI is InChI=1S/C9H13ClN2O3/c1-11-4-6(14)9(15)8-5(13)2-3-7(10)12-8/h2-3,6,9,11,13-15H,4H2,1H3. The quantitative estimate of drug-likeness (QED) is 0.552. The lowest BCUT2D eigenvalue weighted by molar-refractivity contribution is 0.0162. The predicted octanol–water partition coefficient (Wildman–Crippen LogP) is 0.0543. The van der Waals surface area contributed by atoms with Crippen LogP contribution in [0.15, 0.2) is 12.1 Å². The van der Waals surface area contributed by atoms with Crippen LogP contribution in [0.5, 0.6) is 5.75 Å². The summed E-state index contributed by atoms with van der Waals surface area (Å²) >= 11 is 5.61. The molecule has 1 heterocycles. The summed E-state index contributed by atoms with van der Waals surface area (Å²) in [6, 6.07) is 2.72. The van der Waals surface area contributed by atoms with Crippen molar-refractivity contribution < 1.29 is 15.3 Å². The number of hydrogen-bond donors (Lipinski definition) is 4. The number of aliphatic hydroxyl groups excluding tert-OH is 2. The largest absolute Gasteiger partial charge is 0.506 e. The minimum absolute atomic E-state index is 0.0229. The minimum atomic E-state index is -1.27. The average molecular weight is 233 g/mol. The molecule has 2 unspecified atom stereocenters. The lowest BCUT2D eigenvalue weighted by Gasteiger charge is -2.17. The van der Waals surface area contributed by atoms with Gasteiger partial charge in [-0.05, 0) is 19.2 Å². The van der Waals surface area contributed by atoms with E-state index in [4.69, 9.17) is 11.6 Å². The molecule has 0 aromatic carbocycles. The van der Waals surface area contributed by atoms with E-state index in [2.05, 4.69) is 10.3 Å². The molecule has 1 rings (SSSR count). The minimum Gasteiger partial charge on any atom is -0.506 e. The zero-order chi connectivity index (χ0) is 11.4. The van der Waals surface area contributed by atoms with Crippen LogP contribution < -0.4 is 5.32 Å². The van der Waals surface area contributed by atoms with Gasteiger partial charge < -0.3 is 20.6 Å². The van der Waals surface area contributed by atoms with Crippen molar-refractivity contribution in [3.05, 3.63) is 23.0 Å². The van der Waals surface area contributed by atoms with Crippen molar-refractivity contribution in [3.63, 3.8) is 0 Å². The molecule has 0 radical (unpaired) electrons. The summed E-state index contributed by atoms with van der Waals surface area (Å²) < 4.78 is 0. The lowest BCUT2D eigenvalue weighted by atomic mass is 10.1. The molecule has 2 atom stereocenters. The monoisotopic (exact) mass is 232 g/mol. The predicted molar refractivity (Wildman–Crippen MR) is 55.8 cm³/mol. The smallest absolute Gasteiger partial charge is 0.140 e. The Hall–Kier alpha value is -0.880. The summed E-state index contributed by atoms with van der Waals surface area (Å²) in [5.41, 5.74) is -0.0229. The van der Waals surface area contributed by atoms with Gasteiger partial charge in [0, 0.05) is 6.54 Å². The van der Waals surface area contributed by atoms with Gasteiger partial charge in [0.2, 0.25) is 0 Å². The Bertz CT molecular complexity index is 335. The van der Waals surface area contributed by atoms with Crippen LogP contribution >= 0.6 is 11.6 Å². The van der Waals surface area contributed by atoms with Gasteiger partial charge in [0.15, 0.2) is 0 Å². The molecule has 4 N–H and O–H groups in total. The van der Waals surface area contributed by atoms with Gasteiger partial charge in [0.05, 0.1) is 6.10 Å². The Morgan fingerprint density at radius 1 is 1.47 bits per heavy atom. The van der Waals surface area contributed by atoms with Gasteiger partial charge in [-0.1, -0.05) is 11.6 Å². The van der Waals surface area contributed by atoms with Crippen molar-refractivity contribution in [1.29, 1.82) is 0 Å². The Morgan fingerprint density at radius 3 is 2.73 bits per heavy atom. The summed E-state index contributed by atoms with van der Waals surface area (Å²) in [5.74, 6) is -0.193. The van der Waals surface area contributed by atoms with E-state index < -0.39 is 12.2 Å². The number of pyridine rings is 1. The lowest BCUT2D eigenvalue weighted by Crippen LogP contribution is -2.30. The van der Waals surface area contributed by atoms with E-state index in [1.807, 2.05) is 0 Å². The van der Waals surface area contributed by atoms with Crippen LogP contribution in [-0.2, 0) is 0 Å². The second kappa shape index (κ2) is 5.27. The topological polar surface area (TPSA) is 85.6 Å². The molecule has 1 aromatic rings. The number of aromatic nitrogens is 1. The van der Waals surface area contributed by atoms with Gasteiger partial charge in [-0.25, -0.2) is 4.98 Å². The number of likely N-dealkylation sites (N-methyl/N-ethyl adjacent to an activating group) is 1. The third kappa shape index (κ3) is 3.04. The van der Waals surface area contributed by atoms with E-state index in [1.54, 1.807) is 7.05 Å². The highest BCUT2D eigenvalue weighted by atomic mass is 35.5. The second-order valence-corrected chi connectivity index (χ2v) is 3.50. The summed E-state index contributed by atoms with van der Waals surface area (Å²) in [5, 5.41) is 31.4. The van der Waals surface area contributed by atoms with Gasteiger partial charge in [-0.3, -0.25) is 0 Å². The first kappa shape index (κ1) is 12.2. The number of aliphatic hydroxyl groups is 2. The number of halogens is 1. The molecule has 0 aliphatic rings. The van der Waals surface area contributed by atoms with E-state index >= 15 is 0 Å². The van der Waals surface area contributed by atoms with E-state index in [9.17, 15) is 15.3 Å². The Kier molecular flexibility index (Phi) is 4.28. The molecule has 0 bridgehead atoms. The highest BCUT2D eigenvalue weighted by Gasteiger charge is 2.22. The first-order chi connectivity index (χ1) is 7.06.